The SMILES string of the molecule is COc1ccccc1-n1c(=O)[nH]c2cnc(-n3cnc4ccccc43)nc21. The molecule has 0 spiro atoms. The predicted octanol–water partition coefficient (Wildman–Crippen LogP) is 2.46. The van der Waals surface area contributed by atoms with Gasteiger partial charge in [-0.25, -0.2) is 19.3 Å². The molecule has 0 saturated carbocycles. The van der Waals surface area contributed by atoms with Crippen molar-refractivity contribution in [3.63, 3.8) is 0 Å². The van der Waals surface area contributed by atoms with E-state index >= 15 is 0 Å². The fourth-order valence-electron chi connectivity index (χ4n) is 3.16. The molecule has 0 fully saturated rings. The summed E-state index contributed by atoms with van der Waals surface area (Å²) in [6.07, 6.45) is 3.27. The molecule has 132 valence electrons. The van der Waals surface area contributed by atoms with E-state index in [0.29, 0.717) is 28.5 Å². The number of fused-ring (bicyclic) bond motifs is 2. The van der Waals surface area contributed by atoms with Gasteiger partial charge in [0.25, 0.3) is 0 Å². The van der Waals surface area contributed by atoms with Gasteiger partial charge in [-0.15, -0.1) is 0 Å². The van der Waals surface area contributed by atoms with Gasteiger partial charge in [-0.2, -0.15) is 4.98 Å². The van der Waals surface area contributed by atoms with E-state index in [2.05, 4.69) is 19.9 Å². The van der Waals surface area contributed by atoms with Crippen molar-refractivity contribution in [2.75, 3.05) is 7.11 Å². The summed E-state index contributed by atoms with van der Waals surface area (Å²) in [5.41, 5.74) is 3.04. The Balaban J connectivity index is 1.78. The summed E-state index contributed by atoms with van der Waals surface area (Å²) in [6, 6.07) is 15.0. The van der Waals surface area contributed by atoms with Crippen molar-refractivity contribution < 1.29 is 4.74 Å². The monoisotopic (exact) mass is 358 g/mol. The average molecular weight is 358 g/mol. The summed E-state index contributed by atoms with van der Waals surface area (Å²) in [5.74, 6) is 1.01. The first kappa shape index (κ1) is 15.3. The zero-order valence-electron chi connectivity index (χ0n) is 14.3. The average Bonchev–Trinajstić information content (AvgIpc) is 3.27. The lowest BCUT2D eigenvalue weighted by atomic mass is 10.3. The lowest BCUT2D eigenvalue weighted by Gasteiger charge is -2.09. The molecule has 27 heavy (non-hydrogen) atoms. The van der Waals surface area contributed by atoms with Crippen molar-refractivity contribution in [1.29, 1.82) is 0 Å². The molecule has 1 N–H and O–H groups in total. The van der Waals surface area contributed by atoms with Crippen LogP contribution in [-0.4, -0.2) is 36.2 Å². The van der Waals surface area contributed by atoms with Crippen LogP contribution in [0.15, 0.2) is 65.8 Å². The number of hydrogen-bond acceptors (Lipinski definition) is 5. The summed E-state index contributed by atoms with van der Waals surface area (Å²) in [4.78, 5) is 28.8. The zero-order chi connectivity index (χ0) is 18.4. The highest BCUT2D eigenvalue weighted by atomic mass is 16.5. The van der Waals surface area contributed by atoms with Crippen molar-refractivity contribution in [1.82, 2.24) is 29.1 Å². The maximum absolute atomic E-state index is 12.6. The summed E-state index contributed by atoms with van der Waals surface area (Å²) in [7, 11) is 1.57. The van der Waals surface area contributed by atoms with Gasteiger partial charge in [0, 0.05) is 0 Å². The highest BCUT2D eigenvalue weighted by Gasteiger charge is 2.16. The van der Waals surface area contributed by atoms with Gasteiger partial charge < -0.3 is 9.72 Å². The van der Waals surface area contributed by atoms with E-state index in [9.17, 15) is 4.79 Å². The molecule has 0 aliphatic heterocycles. The van der Waals surface area contributed by atoms with E-state index < -0.39 is 0 Å². The van der Waals surface area contributed by atoms with E-state index in [1.807, 2.05) is 42.5 Å². The lowest BCUT2D eigenvalue weighted by Crippen LogP contribution is -2.16. The van der Waals surface area contributed by atoms with E-state index in [-0.39, 0.29) is 5.69 Å². The Morgan fingerprint density at radius 2 is 1.85 bits per heavy atom. The van der Waals surface area contributed by atoms with E-state index in [0.717, 1.165) is 11.0 Å². The van der Waals surface area contributed by atoms with Gasteiger partial charge in [0.15, 0.2) is 5.65 Å². The molecule has 8 nitrogen and oxygen atoms in total. The number of methoxy groups -OCH3 is 1. The van der Waals surface area contributed by atoms with Crippen LogP contribution in [0.25, 0.3) is 33.8 Å². The second-order valence-electron chi connectivity index (χ2n) is 5.95. The molecule has 3 heterocycles. The normalized spacial score (nSPS) is 11.3. The predicted molar refractivity (Wildman–Crippen MR) is 101 cm³/mol. The number of imidazole rings is 2. The molecule has 3 aromatic heterocycles. The highest BCUT2D eigenvalue weighted by molar-refractivity contribution is 5.78. The van der Waals surface area contributed by atoms with Crippen LogP contribution >= 0.6 is 0 Å². The molecule has 0 saturated heterocycles. The maximum atomic E-state index is 12.6. The van der Waals surface area contributed by atoms with Crippen molar-refractivity contribution in [2.45, 2.75) is 0 Å². The van der Waals surface area contributed by atoms with Crippen molar-refractivity contribution in [3.8, 4) is 17.4 Å². The van der Waals surface area contributed by atoms with E-state index in [1.165, 1.54) is 4.57 Å². The smallest absolute Gasteiger partial charge is 0.332 e. The number of hydrogen-bond donors (Lipinski definition) is 1. The van der Waals surface area contributed by atoms with Crippen molar-refractivity contribution in [2.24, 2.45) is 0 Å². The number of nitrogens with one attached hydrogen (secondary N) is 1. The fourth-order valence-corrected chi connectivity index (χ4v) is 3.16. The molecular formula is C19H14N6O2. The molecule has 5 rings (SSSR count). The Kier molecular flexibility index (Phi) is 3.29. The van der Waals surface area contributed by atoms with Crippen LogP contribution in [0.1, 0.15) is 0 Å². The molecule has 0 bridgehead atoms. The number of H-pyrrole nitrogens is 1. The highest BCUT2D eigenvalue weighted by Crippen LogP contribution is 2.24. The third kappa shape index (κ3) is 2.30. The van der Waals surface area contributed by atoms with Gasteiger partial charge in [0.2, 0.25) is 5.95 Å². The van der Waals surface area contributed by atoms with Crippen LogP contribution in [0.3, 0.4) is 0 Å². The van der Waals surface area contributed by atoms with Crippen LogP contribution in [-0.2, 0) is 0 Å². The van der Waals surface area contributed by atoms with E-state index in [4.69, 9.17) is 4.74 Å². The second-order valence-corrected chi connectivity index (χ2v) is 5.95. The number of rotatable bonds is 3. The van der Waals surface area contributed by atoms with Crippen LogP contribution in [0, 0.1) is 0 Å². The number of benzene rings is 2. The van der Waals surface area contributed by atoms with Crippen molar-refractivity contribution >= 4 is 22.2 Å². The van der Waals surface area contributed by atoms with Gasteiger partial charge in [-0.05, 0) is 24.3 Å². The quantitative estimate of drug-likeness (QED) is 0.535. The number of ether oxygens (including phenoxy) is 1. The second kappa shape index (κ2) is 5.80. The number of para-hydroxylation sites is 4. The molecule has 8 heteroatoms. The van der Waals surface area contributed by atoms with Crippen molar-refractivity contribution in [3.05, 3.63) is 71.5 Å². The van der Waals surface area contributed by atoms with Crippen LogP contribution < -0.4 is 10.4 Å². The zero-order valence-corrected chi connectivity index (χ0v) is 14.3. The molecule has 0 amide bonds. The Labute approximate surface area is 152 Å². The first-order valence-electron chi connectivity index (χ1n) is 8.30. The van der Waals surface area contributed by atoms with Crippen LogP contribution in [0.4, 0.5) is 0 Å². The lowest BCUT2D eigenvalue weighted by molar-refractivity contribution is 0.413. The molecule has 2 aromatic carbocycles. The Morgan fingerprint density at radius 1 is 1.04 bits per heavy atom. The first-order valence-corrected chi connectivity index (χ1v) is 8.30. The van der Waals surface area contributed by atoms with Crippen LogP contribution in [0.2, 0.25) is 0 Å². The standard InChI is InChI=1S/C19H14N6O2/c1-27-16-9-5-4-8-15(16)25-17-13(22-19(25)26)10-20-18(23-17)24-11-21-12-6-2-3-7-14(12)24/h2-11H,1H3,(H,22,26). The molecule has 0 atom stereocenters. The van der Waals surface area contributed by atoms with Gasteiger partial charge >= 0.3 is 5.69 Å². The molecule has 0 aliphatic rings. The van der Waals surface area contributed by atoms with Crippen LogP contribution in [0.5, 0.6) is 5.75 Å². The number of aromatic amines is 1. The maximum Gasteiger partial charge on any atom is 0.332 e. The Bertz CT molecular complexity index is 1350. The largest absolute Gasteiger partial charge is 0.495 e. The van der Waals surface area contributed by atoms with Gasteiger partial charge in [0.05, 0.1) is 30.0 Å². The van der Waals surface area contributed by atoms with Gasteiger partial charge in [0.1, 0.15) is 17.6 Å². The summed E-state index contributed by atoms with van der Waals surface area (Å²) < 4.78 is 8.68. The summed E-state index contributed by atoms with van der Waals surface area (Å²) in [5, 5.41) is 0. The summed E-state index contributed by atoms with van der Waals surface area (Å²) in [6.45, 7) is 0. The molecule has 5 aromatic rings. The Hall–Kier alpha value is -3.94. The first-order chi connectivity index (χ1) is 13.3. The minimum absolute atomic E-state index is 0.309. The molecular weight excluding hydrogens is 344 g/mol. The van der Waals surface area contributed by atoms with Gasteiger partial charge in [-0.3, -0.25) is 4.57 Å². The van der Waals surface area contributed by atoms with Gasteiger partial charge in [-0.1, -0.05) is 24.3 Å². The minimum atomic E-state index is -0.309. The minimum Gasteiger partial charge on any atom is -0.495 e. The third-order valence-corrected chi connectivity index (χ3v) is 4.41. The third-order valence-electron chi connectivity index (χ3n) is 4.41. The van der Waals surface area contributed by atoms with E-state index in [1.54, 1.807) is 30.3 Å². The summed E-state index contributed by atoms with van der Waals surface area (Å²) >= 11 is 0. The molecule has 0 aliphatic carbocycles. The Morgan fingerprint density at radius 3 is 2.74 bits per heavy atom. The fraction of sp³-hybridized carbons (Fsp3) is 0.0526. The topological polar surface area (TPSA) is 90.6 Å². The molecule has 0 unspecified atom stereocenters. The number of nitrogens with zero attached hydrogens (tertiary/aromatic N) is 5. The molecule has 0 radical (unpaired) electrons. The number of aromatic nitrogens is 6.